The molecule has 0 aliphatic carbocycles. The van der Waals surface area contributed by atoms with E-state index >= 15 is 0 Å². The Balaban J connectivity index is 1.73. The van der Waals surface area contributed by atoms with E-state index < -0.39 is 42.1 Å². The molecule has 4 rings (SSSR count). The number of halogens is 5. The molecule has 27 heavy (non-hydrogen) atoms. The molecule has 140 valence electrons. The Morgan fingerprint density at radius 2 is 1.85 bits per heavy atom. The van der Waals surface area contributed by atoms with Gasteiger partial charge in [-0.15, -0.1) is 0 Å². The predicted octanol–water partition coefficient (Wildman–Crippen LogP) is 5.31. The van der Waals surface area contributed by atoms with E-state index in [4.69, 9.17) is 23.2 Å². The van der Waals surface area contributed by atoms with Crippen molar-refractivity contribution in [3.05, 3.63) is 63.4 Å². The molecule has 1 saturated heterocycles. The van der Waals surface area contributed by atoms with Gasteiger partial charge in [0.1, 0.15) is 5.82 Å². The lowest BCUT2D eigenvalue weighted by atomic mass is 9.92. The van der Waals surface area contributed by atoms with E-state index in [1.54, 1.807) is 12.1 Å². The van der Waals surface area contributed by atoms with Crippen LogP contribution in [0.25, 0.3) is 0 Å². The van der Waals surface area contributed by atoms with Crippen LogP contribution in [-0.2, 0) is 0 Å². The molecule has 2 aliphatic rings. The van der Waals surface area contributed by atoms with Crippen molar-refractivity contribution < 1.29 is 22.8 Å². The van der Waals surface area contributed by atoms with E-state index in [0.717, 1.165) is 17.0 Å². The molecule has 2 atom stereocenters. The molecule has 1 N–H and O–H groups in total. The quantitative estimate of drug-likeness (QED) is 0.642. The number of anilines is 1. The fourth-order valence-corrected chi connectivity index (χ4v) is 3.96. The second-order valence-electron chi connectivity index (χ2n) is 6.42. The van der Waals surface area contributed by atoms with Crippen LogP contribution in [0.2, 0.25) is 10.0 Å². The fraction of sp³-hybridized carbons (Fsp3) is 0.222. The van der Waals surface area contributed by atoms with Crippen LogP contribution >= 0.6 is 23.2 Å². The summed E-state index contributed by atoms with van der Waals surface area (Å²) in [6, 6.07) is 4.22. The van der Waals surface area contributed by atoms with Crippen molar-refractivity contribution in [1.29, 1.82) is 0 Å². The van der Waals surface area contributed by atoms with Gasteiger partial charge in [-0.05, 0) is 17.7 Å². The van der Waals surface area contributed by atoms with Crippen LogP contribution in [-0.4, -0.2) is 28.7 Å². The van der Waals surface area contributed by atoms with Gasteiger partial charge in [-0.2, -0.15) is 0 Å². The van der Waals surface area contributed by atoms with Gasteiger partial charge in [0.05, 0.1) is 21.8 Å². The number of rotatable bonds is 1. The third-order valence-corrected chi connectivity index (χ3v) is 5.52. The summed E-state index contributed by atoms with van der Waals surface area (Å²) in [4.78, 5) is 26.1. The number of Topliss-reactive ketones (excluding diaryl/α,β-unsaturated/α-hetero) is 1. The number of fused-ring (bicyclic) bond motifs is 4. The van der Waals surface area contributed by atoms with Gasteiger partial charge >= 0.3 is 6.03 Å². The Kier molecular flexibility index (Phi) is 4.12. The van der Waals surface area contributed by atoms with Gasteiger partial charge in [0.15, 0.2) is 11.8 Å². The number of carbonyl (C=O) groups is 2. The minimum absolute atomic E-state index is 0.0123. The highest BCUT2D eigenvalue weighted by atomic mass is 35.5. The predicted molar refractivity (Wildman–Crippen MR) is 94.1 cm³/mol. The maximum Gasteiger partial charge on any atom is 0.323 e. The SMILES string of the molecule is O=C1c2ccccc2C2CC(F)(F)C1N2C(=O)Nc1cc(Cl)c(Cl)cc1F. The standard InChI is InChI=1S/C18H11Cl2F3N2O2/c19-10-5-12(21)13(6-11(10)20)24-17(27)25-14-7-18(22,23)16(25)15(26)9-4-2-1-3-8(9)14/h1-6,14,16H,7H2,(H,24,27). The molecular formula is C18H11Cl2F3N2O2. The Bertz CT molecular complexity index is 983. The summed E-state index contributed by atoms with van der Waals surface area (Å²) in [5, 5.41) is 2.15. The third kappa shape index (κ3) is 2.76. The van der Waals surface area contributed by atoms with Crippen LogP contribution in [0, 0.1) is 5.82 Å². The zero-order valence-corrected chi connectivity index (χ0v) is 15.0. The molecule has 2 aliphatic heterocycles. The van der Waals surface area contributed by atoms with Crippen molar-refractivity contribution in [2.24, 2.45) is 0 Å². The Labute approximate surface area is 161 Å². The van der Waals surface area contributed by atoms with E-state index in [1.807, 2.05) is 0 Å². The molecule has 2 heterocycles. The monoisotopic (exact) mass is 414 g/mol. The fourth-order valence-electron chi connectivity index (χ4n) is 3.65. The number of hydrogen-bond acceptors (Lipinski definition) is 2. The molecule has 2 aromatic carbocycles. The average Bonchev–Trinajstić information content (AvgIpc) is 2.85. The second kappa shape index (κ2) is 6.14. The van der Waals surface area contributed by atoms with Crippen molar-refractivity contribution in [2.45, 2.75) is 24.4 Å². The molecular weight excluding hydrogens is 404 g/mol. The van der Waals surface area contributed by atoms with Gasteiger partial charge in [0.25, 0.3) is 5.92 Å². The van der Waals surface area contributed by atoms with Crippen LogP contribution in [0.1, 0.15) is 28.4 Å². The molecule has 1 fully saturated rings. The Hall–Kier alpha value is -2.25. The number of amides is 2. The smallest absolute Gasteiger partial charge is 0.305 e. The molecule has 2 unspecified atom stereocenters. The van der Waals surface area contributed by atoms with E-state index in [9.17, 15) is 22.8 Å². The lowest BCUT2D eigenvalue weighted by molar-refractivity contribution is -0.0171. The number of nitrogens with one attached hydrogen (secondary N) is 1. The maximum atomic E-state index is 14.5. The summed E-state index contributed by atoms with van der Waals surface area (Å²) in [6.45, 7) is 0. The Morgan fingerprint density at radius 1 is 1.19 bits per heavy atom. The van der Waals surface area contributed by atoms with Crippen LogP contribution in [0.3, 0.4) is 0 Å². The summed E-state index contributed by atoms with van der Waals surface area (Å²) in [5.41, 5.74) is 0.207. The number of benzene rings is 2. The van der Waals surface area contributed by atoms with Crippen LogP contribution in [0.15, 0.2) is 36.4 Å². The Morgan fingerprint density at radius 3 is 2.59 bits per heavy atom. The highest BCUT2D eigenvalue weighted by molar-refractivity contribution is 6.42. The summed E-state index contributed by atoms with van der Waals surface area (Å²) in [5.74, 6) is -5.11. The van der Waals surface area contributed by atoms with E-state index in [1.165, 1.54) is 12.1 Å². The first-order valence-electron chi connectivity index (χ1n) is 7.95. The largest absolute Gasteiger partial charge is 0.323 e. The van der Waals surface area contributed by atoms with E-state index in [-0.39, 0.29) is 21.3 Å². The first kappa shape index (κ1) is 18.1. The first-order valence-corrected chi connectivity index (χ1v) is 8.71. The minimum Gasteiger partial charge on any atom is -0.305 e. The average molecular weight is 415 g/mol. The highest BCUT2D eigenvalue weighted by Crippen LogP contribution is 2.51. The van der Waals surface area contributed by atoms with Crippen molar-refractivity contribution in [3.8, 4) is 0 Å². The number of nitrogens with zero attached hydrogens (tertiary/aromatic N) is 1. The van der Waals surface area contributed by atoms with Gasteiger partial charge in [-0.1, -0.05) is 47.5 Å². The van der Waals surface area contributed by atoms with Crippen LogP contribution in [0.5, 0.6) is 0 Å². The molecule has 0 saturated carbocycles. The molecule has 4 nitrogen and oxygen atoms in total. The highest BCUT2D eigenvalue weighted by Gasteiger charge is 2.62. The second-order valence-corrected chi connectivity index (χ2v) is 7.23. The van der Waals surface area contributed by atoms with E-state index in [0.29, 0.717) is 5.56 Å². The molecule has 0 spiro atoms. The molecule has 2 aromatic rings. The van der Waals surface area contributed by atoms with Crippen molar-refractivity contribution in [2.75, 3.05) is 5.32 Å². The van der Waals surface area contributed by atoms with Crippen molar-refractivity contribution in [3.63, 3.8) is 0 Å². The zero-order chi connectivity index (χ0) is 19.5. The number of carbonyl (C=O) groups excluding carboxylic acids is 2. The first-order chi connectivity index (χ1) is 12.7. The summed E-state index contributed by atoms with van der Waals surface area (Å²) >= 11 is 11.5. The van der Waals surface area contributed by atoms with Gasteiger partial charge in [-0.3, -0.25) is 4.79 Å². The molecule has 2 amide bonds. The van der Waals surface area contributed by atoms with Gasteiger partial charge in [-0.25, -0.2) is 18.0 Å². The minimum atomic E-state index is -3.39. The topological polar surface area (TPSA) is 49.4 Å². The van der Waals surface area contributed by atoms with Gasteiger partial charge < -0.3 is 10.2 Å². The number of alkyl halides is 2. The third-order valence-electron chi connectivity index (χ3n) is 4.80. The lowest BCUT2D eigenvalue weighted by Gasteiger charge is -2.35. The maximum absolute atomic E-state index is 14.5. The number of hydrogen-bond donors (Lipinski definition) is 1. The van der Waals surface area contributed by atoms with E-state index in [2.05, 4.69) is 5.32 Å². The zero-order valence-electron chi connectivity index (χ0n) is 13.5. The van der Waals surface area contributed by atoms with Crippen molar-refractivity contribution in [1.82, 2.24) is 4.90 Å². The molecule has 9 heteroatoms. The lowest BCUT2D eigenvalue weighted by Crippen LogP contribution is -2.52. The number of urea groups is 1. The normalized spacial score (nSPS) is 22.6. The van der Waals surface area contributed by atoms with Crippen LogP contribution in [0.4, 0.5) is 23.7 Å². The van der Waals surface area contributed by atoms with Crippen molar-refractivity contribution >= 4 is 40.7 Å². The summed E-state index contributed by atoms with van der Waals surface area (Å²) in [6.07, 6.45) is -0.683. The van der Waals surface area contributed by atoms with Crippen LogP contribution < -0.4 is 5.32 Å². The molecule has 0 radical (unpaired) electrons. The van der Waals surface area contributed by atoms with Gasteiger partial charge in [0.2, 0.25) is 0 Å². The van der Waals surface area contributed by atoms with Gasteiger partial charge in [0, 0.05) is 12.0 Å². The summed E-state index contributed by atoms with van der Waals surface area (Å²) < 4.78 is 43.1. The summed E-state index contributed by atoms with van der Waals surface area (Å²) in [7, 11) is 0. The molecule has 2 bridgehead atoms. The number of ketones is 1. The molecule has 0 aromatic heterocycles.